The number of rotatable bonds is 7. The number of aliphatic hydroxyl groups excluding tert-OH is 1. The molecule has 0 radical (unpaired) electrons. The maximum atomic E-state index is 12.3. The number of halogens is 3. The van der Waals surface area contributed by atoms with E-state index >= 15 is 0 Å². The molecule has 0 saturated carbocycles. The van der Waals surface area contributed by atoms with Gasteiger partial charge in [-0.25, -0.2) is 4.79 Å². The molecule has 0 heterocycles. The van der Waals surface area contributed by atoms with Crippen LogP contribution in [-0.4, -0.2) is 33.9 Å². The lowest BCUT2D eigenvalue weighted by atomic mass is 10.0. The number of benzene rings is 1. The summed E-state index contributed by atoms with van der Waals surface area (Å²) in [5.74, 6) is -2.23. The molecular formula is C12H11BrF2O5. The molecule has 1 rings (SSSR count). The van der Waals surface area contributed by atoms with E-state index in [0.29, 0.717) is 5.56 Å². The van der Waals surface area contributed by atoms with Crippen LogP contribution in [0.1, 0.15) is 17.2 Å². The third kappa shape index (κ3) is 4.53. The van der Waals surface area contributed by atoms with Crippen LogP contribution in [0.15, 0.2) is 18.2 Å². The van der Waals surface area contributed by atoms with Gasteiger partial charge in [-0.15, -0.1) is 0 Å². The number of carbonyl (C=O) groups is 2. The molecule has 5 nitrogen and oxygen atoms in total. The standard InChI is InChI=1S/C12H11BrF2O5/c13-5-7(16)3-6-1-2-8(10(17)11(18)19)9(4-6)20-12(14)15/h1-2,4,10,12,17H,3,5H2,(H,18,19). The molecule has 1 aromatic carbocycles. The number of carboxylic acids is 1. The fourth-order valence-corrected chi connectivity index (χ4v) is 1.72. The quantitative estimate of drug-likeness (QED) is 0.732. The van der Waals surface area contributed by atoms with Gasteiger partial charge in [-0.1, -0.05) is 28.1 Å². The Bertz CT molecular complexity index is 507. The Kier molecular flexibility index (Phi) is 6.03. The Hall–Kier alpha value is -1.54. The maximum absolute atomic E-state index is 12.3. The summed E-state index contributed by atoms with van der Waals surface area (Å²) in [4.78, 5) is 22.0. The van der Waals surface area contributed by atoms with Crippen LogP contribution in [-0.2, 0) is 16.0 Å². The monoisotopic (exact) mass is 352 g/mol. The molecule has 20 heavy (non-hydrogen) atoms. The smallest absolute Gasteiger partial charge is 0.387 e. The normalized spacial score (nSPS) is 12.2. The first-order valence-electron chi connectivity index (χ1n) is 5.41. The average molecular weight is 353 g/mol. The van der Waals surface area contributed by atoms with Crippen molar-refractivity contribution in [3.63, 3.8) is 0 Å². The first-order valence-corrected chi connectivity index (χ1v) is 6.53. The number of Topliss-reactive ketones (excluding diaryl/α,β-unsaturated/α-hetero) is 1. The SMILES string of the molecule is O=C(CBr)Cc1ccc(C(O)C(=O)O)c(OC(F)F)c1. The van der Waals surface area contributed by atoms with Crippen molar-refractivity contribution in [2.24, 2.45) is 0 Å². The van der Waals surface area contributed by atoms with Crippen molar-refractivity contribution in [2.45, 2.75) is 19.1 Å². The van der Waals surface area contributed by atoms with Crippen LogP contribution < -0.4 is 4.74 Å². The highest BCUT2D eigenvalue weighted by Gasteiger charge is 2.22. The summed E-state index contributed by atoms with van der Waals surface area (Å²) in [6.45, 7) is -3.17. The van der Waals surface area contributed by atoms with Crippen LogP contribution in [0.2, 0.25) is 0 Å². The molecule has 8 heteroatoms. The lowest BCUT2D eigenvalue weighted by Crippen LogP contribution is -2.14. The summed E-state index contributed by atoms with van der Waals surface area (Å²) in [5.41, 5.74) is 0.0827. The van der Waals surface area contributed by atoms with E-state index < -0.39 is 24.4 Å². The van der Waals surface area contributed by atoms with E-state index in [1.54, 1.807) is 0 Å². The molecule has 1 unspecified atom stereocenters. The van der Waals surface area contributed by atoms with Crippen molar-refractivity contribution in [1.82, 2.24) is 0 Å². The average Bonchev–Trinajstić information content (AvgIpc) is 2.37. The minimum absolute atomic E-state index is 0.0195. The zero-order chi connectivity index (χ0) is 15.3. The Morgan fingerprint density at radius 1 is 1.35 bits per heavy atom. The Morgan fingerprint density at radius 2 is 2.00 bits per heavy atom. The second-order valence-electron chi connectivity index (χ2n) is 3.84. The molecular weight excluding hydrogens is 342 g/mol. The first-order chi connectivity index (χ1) is 9.35. The van der Waals surface area contributed by atoms with E-state index in [-0.39, 0.29) is 23.1 Å². The van der Waals surface area contributed by atoms with Gasteiger partial charge in [0.25, 0.3) is 0 Å². The van der Waals surface area contributed by atoms with Crippen LogP contribution in [0.25, 0.3) is 0 Å². The second kappa shape index (κ2) is 7.30. The van der Waals surface area contributed by atoms with E-state index in [1.165, 1.54) is 6.07 Å². The van der Waals surface area contributed by atoms with E-state index in [1.807, 2.05) is 0 Å². The van der Waals surface area contributed by atoms with Crippen LogP contribution >= 0.6 is 15.9 Å². The molecule has 0 aromatic heterocycles. The maximum Gasteiger partial charge on any atom is 0.387 e. The second-order valence-corrected chi connectivity index (χ2v) is 4.40. The van der Waals surface area contributed by atoms with Gasteiger partial charge >= 0.3 is 12.6 Å². The number of ketones is 1. The fraction of sp³-hybridized carbons (Fsp3) is 0.333. The van der Waals surface area contributed by atoms with Gasteiger partial charge in [0.1, 0.15) is 11.5 Å². The molecule has 0 aliphatic rings. The van der Waals surface area contributed by atoms with Gasteiger partial charge in [-0.3, -0.25) is 4.79 Å². The Labute approximate surface area is 121 Å². The number of ether oxygens (including phenoxy) is 1. The Balaban J connectivity index is 3.12. The molecule has 0 bridgehead atoms. The van der Waals surface area contributed by atoms with Gasteiger partial charge < -0.3 is 14.9 Å². The summed E-state index contributed by atoms with van der Waals surface area (Å²) in [6.07, 6.45) is -2.00. The van der Waals surface area contributed by atoms with E-state index in [0.717, 1.165) is 12.1 Å². The molecule has 0 amide bonds. The highest BCUT2D eigenvalue weighted by molar-refractivity contribution is 9.09. The molecule has 1 atom stereocenters. The number of aliphatic carboxylic acids is 1. The summed E-state index contributed by atoms with van der Waals surface area (Å²) in [6, 6.07) is 3.64. The van der Waals surface area contributed by atoms with Crippen LogP contribution in [0.3, 0.4) is 0 Å². The third-order valence-electron chi connectivity index (χ3n) is 2.37. The van der Waals surface area contributed by atoms with Crippen molar-refractivity contribution in [1.29, 1.82) is 0 Å². The van der Waals surface area contributed by atoms with Crippen molar-refractivity contribution < 1.29 is 33.3 Å². The van der Waals surface area contributed by atoms with Gasteiger partial charge in [-0.2, -0.15) is 8.78 Å². The summed E-state index contributed by atoms with van der Waals surface area (Å²) in [7, 11) is 0. The minimum Gasteiger partial charge on any atom is -0.479 e. The predicted octanol–water partition coefficient (Wildman–Crippen LogP) is 1.91. The van der Waals surface area contributed by atoms with Crippen LogP contribution in [0.4, 0.5) is 8.78 Å². The van der Waals surface area contributed by atoms with Gasteiger partial charge in [0, 0.05) is 12.0 Å². The predicted molar refractivity (Wildman–Crippen MR) is 68.2 cm³/mol. The lowest BCUT2D eigenvalue weighted by Gasteiger charge is -2.14. The molecule has 0 spiro atoms. The number of hydrogen-bond acceptors (Lipinski definition) is 4. The van der Waals surface area contributed by atoms with Gasteiger partial charge in [0.05, 0.1) is 5.33 Å². The molecule has 1 aromatic rings. The molecule has 0 fully saturated rings. The Morgan fingerprint density at radius 3 is 2.50 bits per heavy atom. The zero-order valence-corrected chi connectivity index (χ0v) is 11.6. The van der Waals surface area contributed by atoms with E-state index in [9.17, 15) is 23.5 Å². The number of hydrogen-bond donors (Lipinski definition) is 2. The topological polar surface area (TPSA) is 83.8 Å². The van der Waals surface area contributed by atoms with Gasteiger partial charge in [-0.05, 0) is 11.6 Å². The lowest BCUT2D eigenvalue weighted by molar-refractivity contribution is -0.147. The molecule has 110 valence electrons. The molecule has 0 aliphatic carbocycles. The number of carboxylic acid groups (broad SMARTS) is 1. The van der Waals surface area contributed by atoms with Gasteiger partial charge in [0.2, 0.25) is 0 Å². The zero-order valence-electron chi connectivity index (χ0n) is 10.1. The summed E-state index contributed by atoms with van der Waals surface area (Å²) >= 11 is 2.97. The number of alkyl halides is 3. The fourth-order valence-electron chi connectivity index (χ4n) is 1.52. The van der Waals surface area contributed by atoms with Gasteiger partial charge in [0.15, 0.2) is 6.10 Å². The molecule has 0 aliphatic heterocycles. The van der Waals surface area contributed by atoms with Crippen molar-refractivity contribution in [2.75, 3.05) is 5.33 Å². The van der Waals surface area contributed by atoms with E-state index in [4.69, 9.17) is 5.11 Å². The third-order valence-corrected chi connectivity index (χ3v) is 3.00. The van der Waals surface area contributed by atoms with Crippen LogP contribution in [0.5, 0.6) is 5.75 Å². The minimum atomic E-state index is -3.17. The van der Waals surface area contributed by atoms with Crippen LogP contribution in [0, 0.1) is 0 Å². The summed E-state index contributed by atoms with van der Waals surface area (Å²) < 4.78 is 28.8. The highest BCUT2D eigenvalue weighted by Crippen LogP contribution is 2.28. The van der Waals surface area contributed by atoms with Crippen molar-refractivity contribution in [3.8, 4) is 5.75 Å². The summed E-state index contributed by atoms with van der Waals surface area (Å²) in [5, 5.41) is 18.2. The number of aliphatic hydroxyl groups is 1. The largest absolute Gasteiger partial charge is 0.479 e. The first kappa shape index (κ1) is 16.5. The molecule has 2 N–H and O–H groups in total. The number of carbonyl (C=O) groups excluding carboxylic acids is 1. The van der Waals surface area contributed by atoms with Crippen molar-refractivity contribution >= 4 is 27.7 Å². The molecule has 0 saturated heterocycles. The highest BCUT2D eigenvalue weighted by atomic mass is 79.9. The van der Waals surface area contributed by atoms with Crippen molar-refractivity contribution in [3.05, 3.63) is 29.3 Å². The van der Waals surface area contributed by atoms with E-state index in [2.05, 4.69) is 20.7 Å².